The van der Waals surface area contributed by atoms with Gasteiger partial charge in [0.2, 0.25) is 0 Å². The predicted octanol–water partition coefficient (Wildman–Crippen LogP) is 4.28. The van der Waals surface area contributed by atoms with Gasteiger partial charge in [-0.1, -0.05) is 48.5 Å². The molecule has 0 N–H and O–H groups in total. The number of hydrogen-bond acceptors (Lipinski definition) is 3. The Hall–Kier alpha value is -2.99. The summed E-state index contributed by atoms with van der Waals surface area (Å²) in [6.07, 6.45) is 1.64. The van der Waals surface area contributed by atoms with Gasteiger partial charge in [-0.15, -0.1) is 0 Å². The van der Waals surface area contributed by atoms with E-state index in [0.29, 0.717) is 11.4 Å². The smallest absolute Gasteiger partial charge is 0.160 e. The molecule has 0 spiro atoms. The van der Waals surface area contributed by atoms with E-state index in [2.05, 4.69) is 5.10 Å². The summed E-state index contributed by atoms with van der Waals surface area (Å²) in [5.74, 6) is -0.590. The summed E-state index contributed by atoms with van der Waals surface area (Å²) in [4.78, 5) is 0. The summed E-state index contributed by atoms with van der Waals surface area (Å²) in [6.45, 7) is 0. The minimum Gasteiger partial charge on any atom is -0.241 e. The zero-order valence-corrected chi connectivity index (χ0v) is 15.2. The lowest BCUT2D eigenvalue weighted by Crippen LogP contribution is -2.09. The molecule has 0 unspecified atom stereocenters. The number of benzene rings is 3. The summed E-state index contributed by atoms with van der Waals surface area (Å²) in [5.41, 5.74) is 1.75. The van der Waals surface area contributed by atoms with E-state index in [1.54, 1.807) is 24.4 Å². The molecule has 0 bridgehead atoms. The van der Waals surface area contributed by atoms with Crippen LogP contribution in [0.5, 0.6) is 0 Å². The molecule has 0 aliphatic heterocycles. The van der Waals surface area contributed by atoms with Crippen molar-refractivity contribution in [2.24, 2.45) is 0 Å². The van der Waals surface area contributed by atoms with Gasteiger partial charge in [0, 0.05) is 6.20 Å². The second kappa shape index (κ2) is 6.96. The van der Waals surface area contributed by atoms with Crippen molar-refractivity contribution in [3.8, 4) is 5.69 Å². The molecule has 136 valence electrons. The van der Waals surface area contributed by atoms with Gasteiger partial charge >= 0.3 is 0 Å². The summed E-state index contributed by atoms with van der Waals surface area (Å²) in [6, 6.07) is 21.0. The maximum Gasteiger partial charge on any atom is 0.160 e. The Morgan fingerprint density at radius 1 is 0.889 bits per heavy atom. The van der Waals surface area contributed by atoms with Gasteiger partial charge in [-0.05, 0) is 40.6 Å². The van der Waals surface area contributed by atoms with Gasteiger partial charge < -0.3 is 0 Å². The van der Waals surface area contributed by atoms with E-state index >= 15 is 0 Å². The Morgan fingerprint density at radius 2 is 1.67 bits per heavy atom. The molecule has 0 atom stereocenters. The lowest BCUT2D eigenvalue weighted by atomic mass is 10.1. The van der Waals surface area contributed by atoms with E-state index in [4.69, 9.17) is 0 Å². The van der Waals surface area contributed by atoms with Gasteiger partial charge in [0.1, 0.15) is 5.82 Å². The average Bonchev–Trinajstić information content (AvgIpc) is 3.09. The maximum atomic E-state index is 13.4. The van der Waals surface area contributed by atoms with Crippen LogP contribution in [0, 0.1) is 5.82 Å². The summed E-state index contributed by atoms with van der Waals surface area (Å²) >= 11 is 0. The van der Waals surface area contributed by atoms with Gasteiger partial charge in [-0.25, -0.2) is 17.5 Å². The van der Waals surface area contributed by atoms with Crippen LogP contribution in [0.3, 0.4) is 0 Å². The highest BCUT2D eigenvalue weighted by atomic mass is 32.2. The van der Waals surface area contributed by atoms with Gasteiger partial charge in [-0.3, -0.25) is 0 Å². The van der Waals surface area contributed by atoms with Crippen LogP contribution in [0.1, 0.15) is 11.3 Å². The van der Waals surface area contributed by atoms with Crippen LogP contribution in [0.2, 0.25) is 0 Å². The van der Waals surface area contributed by atoms with Crippen LogP contribution < -0.4 is 0 Å². The molecule has 1 heterocycles. The van der Waals surface area contributed by atoms with Gasteiger partial charge in [-0.2, -0.15) is 5.10 Å². The molecule has 4 rings (SSSR count). The number of nitrogens with zero attached hydrogens (tertiary/aromatic N) is 2. The molecule has 0 amide bonds. The first-order chi connectivity index (χ1) is 13.0. The highest BCUT2D eigenvalue weighted by Gasteiger charge is 2.17. The Kier molecular flexibility index (Phi) is 4.49. The largest absolute Gasteiger partial charge is 0.241 e. The molecule has 4 aromatic rings. The van der Waals surface area contributed by atoms with Crippen LogP contribution in [-0.2, 0) is 21.3 Å². The van der Waals surface area contributed by atoms with Crippen molar-refractivity contribution >= 4 is 20.6 Å². The number of sulfone groups is 1. The zero-order chi connectivity index (χ0) is 18.9. The van der Waals surface area contributed by atoms with Crippen LogP contribution in [0.25, 0.3) is 16.5 Å². The monoisotopic (exact) mass is 380 g/mol. The van der Waals surface area contributed by atoms with Crippen molar-refractivity contribution in [2.75, 3.05) is 0 Å². The van der Waals surface area contributed by atoms with E-state index in [1.807, 2.05) is 42.5 Å². The van der Waals surface area contributed by atoms with Gasteiger partial charge in [0.15, 0.2) is 9.84 Å². The Balaban J connectivity index is 1.57. The minimum absolute atomic E-state index is 0.0544. The molecular formula is C21H17FN2O2S. The SMILES string of the molecule is O=S(=O)(Cc1ccn(-c2cccc(F)c2)n1)Cc1cccc2ccccc12. The molecule has 0 aliphatic carbocycles. The van der Waals surface area contributed by atoms with Crippen LogP contribution in [0.15, 0.2) is 79.0 Å². The van der Waals surface area contributed by atoms with Crippen molar-refractivity contribution in [1.29, 1.82) is 0 Å². The van der Waals surface area contributed by atoms with E-state index in [0.717, 1.165) is 16.3 Å². The predicted molar refractivity (Wildman–Crippen MR) is 104 cm³/mol. The molecular weight excluding hydrogens is 363 g/mol. The van der Waals surface area contributed by atoms with E-state index in [9.17, 15) is 12.8 Å². The average molecular weight is 380 g/mol. The fourth-order valence-electron chi connectivity index (χ4n) is 3.13. The second-order valence-electron chi connectivity index (χ2n) is 6.40. The zero-order valence-electron chi connectivity index (χ0n) is 14.4. The van der Waals surface area contributed by atoms with Crippen LogP contribution in [0.4, 0.5) is 4.39 Å². The highest BCUT2D eigenvalue weighted by molar-refractivity contribution is 7.89. The molecule has 6 heteroatoms. The van der Waals surface area contributed by atoms with Crippen molar-refractivity contribution in [3.05, 3.63) is 96.1 Å². The maximum absolute atomic E-state index is 13.4. The number of aromatic nitrogens is 2. The first-order valence-electron chi connectivity index (χ1n) is 8.48. The lowest BCUT2D eigenvalue weighted by Gasteiger charge is -2.07. The highest BCUT2D eigenvalue weighted by Crippen LogP contribution is 2.22. The third-order valence-electron chi connectivity index (χ3n) is 4.34. The number of rotatable bonds is 5. The van der Waals surface area contributed by atoms with Crippen LogP contribution >= 0.6 is 0 Å². The summed E-state index contributed by atoms with van der Waals surface area (Å²) in [5, 5.41) is 6.23. The van der Waals surface area contributed by atoms with Crippen molar-refractivity contribution in [2.45, 2.75) is 11.5 Å². The first kappa shape index (κ1) is 17.4. The first-order valence-corrected chi connectivity index (χ1v) is 10.3. The fourth-order valence-corrected chi connectivity index (χ4v) is 4.56. The molecule has 0 saturated heterocycles. The van der Waals surface area contributed by atoms with E-state index in [-0.39, 0.29) is 17.3 Å². The van der Waals surface area contributed by atoms with Crippen molar-refractivity contribution in [3.63, 3.8) is 0 Å². The van der Waals surface area contributed by atoms with Crippen molar-refractivity contribution in [1.82, 2.24) is 9.78 Å². The summed E-state index contributed by atoms with van der Waals surface area (Å²) < 4.78 is 40.2. The van der Waals surface area contributed by atoms with Gasteiger partial charge in [0.25, 0.3) is 0 Å². The molecule has 4 nitrogen and oxygen atoms in total. The standard InChI is InChI=1S/C21H17FN2O2S/c22-18-8-4-9-20(13-18)24-12-11-19(23-24)15-27(25,26)14-17-7-3-6-16-5-1-2-10-21(16)17/h1-13H,14-15H2. The minimum atomic E-state index is -3.41. The Morgan fingerprint density at radius 3 is 2.52 bits per heavy atom. The third kappa shape index (κ3) is 3.90. The van der Waals surface area contributed by atoms with Gasteiger partial charge in [0.05, 0.1) is 22.9 Å². The molecule has 0 aliphatic rings. The molecule has 1 aromatic heterocycles. The topological polar surface area (TPSA) is 52.0 Å². The molecule has 0 radical (unpaired) electrons. The molecule has 0 saturated carbocycles. The fraction of sp³-hybridized carbons (Fsp3) is 0.0952. The molecule has 0 fully saturated rings. The van der Waals surface area contributed by atoms with E-state index in [1.165, 1.54) is 16.8 Å². The second-order valence-corrected chi connectivity index (χ2v) is 8.47. The molecule has 3 aromatic carbocycles. The lowest BCUT2D eigenvalue weighted by molar-refractivity contribution is 0.593. The summed E-state index contributed by atoms with van der Waals surface area (Å²) in [7, 11) is -3.41. The number of hydrogen-bond donors (Lipinski definition) is 0. The number of halogens is 1. The molecule has 27 heavy (non-hydrogen) atoms. The Bertz CT molecular complexity index is 1210. The quantitative estimate of drug-likeness (QED) is 0.519. The number of fused-ring (bicyclic) bond motifs is 1. The van der Waals surface area contributed by atoms with Crippen molar-refractivity contribution < 1.29 is 12.8 Å². The third-order valence-corrected chi connectivity index (χ3v) is 5.83. The van der Waals surface area contributed by atoms with Crippen LogP contribution in [-0.4, -0.2) is 18.2 Å². The van der Waals surface area contributed by atoms with E-state index < -0.39 is 9.84 Å². The normalized spacial score (nSPS) is 11.7. The Labute approximate surface area is 156 Å².